The fourth-order valence-corrected chi connectivity index (χ4v) is 5.41. The van der Waals surface area contributed by atoms with Crippen molar-refractivity contribution in [1.82, 2.24) is 10.6 Å². The first-order chi connectivity index (χ1) is 11.9. The van der Waals surface area contributed by atoms with E-state index in [4.69, 9.17) is 0 Å². The molecule has 3 saturated carbocycles. The maximum Gasteiger partial charge on any atom is -0.00204 e. The summed E-state index contributed by atoms with van der Waals surface area (Å²) in [5.41, 5.74) is 0. The first-order valence-electron chi connectivity index (χ1n) is 11.3. The van der Waals surface area contributed by atoms with E-state index in [1.807, 2.05) is 0 Å². The lowest BCUT2D eigenvalue weighted by Crippen LogP contribution is -2.34. The van der Waals surface area contributed by atoms with Gasteiger partial charge in [0.15, 0.2) is 0 Å². The molecule has 0 aromatic rings. The van der Waals surface area contributed by atoms with Crippen molar-refractivity contribution in [2.75, 3.05) is 26.2 Å². The summed E-state index contributed by atoms with van der Waals surface area (Å²) in [7, 11) is 0. The molecular formula is C22H44Cl2N2. The van der Waals surface area contributed by atoms with Gasteiger partial charge >= 0.3 is 0 Å². The van der Waals surface area contributed by atoms with Crippen LogP contribution < -0.4 is 10.6 Å². The molecule has 0 aliphatic heterocycles. The van der Waals surface area contributed by atoms with Crippen molar-refractivity contribution in [2.24, 2.45) is 23.7 Å². The molecule has 2 nitrogen and oxygen atoms in total. The van der Waals surface area contributed by atoms with Crippen molar-refractivity contribution < 1.29 is 0 Å². The normalized spacial score (nSPS) is 28.2. The van der Waals surface area contributed by atoms with Gasteiger partial charge < -0.3 is 10.6 Å². The van der Waals surface area contributed by atoms with Crippen LogP contribution in [0.3, 0.4) is 0 Å². The third-order valence-electron chi connectivity index (χ3n) is 7.15. The molecular weight excluding hydrogens is 363 g/mol. The Hall–Kier alpha value is 0.500. The van der Waals surface area contributed by atoms with Gasteiger partial charge in [0.1, 0.15) is 0 Å². The molecule has 3 aliphatic carbocycles. The van der Waals surface area contributed by atoms with Crippen LogP contribution in [0.1, 0.15) is 89.9 Å². The summed E-state index contributed by atoms with van der Waals surface area (Å²) in [5.74, 6) is 3.89. The number of nitrogens with one attached hydrogen (secondary N) is 2. The molecule has 0 saturated heterocycles. The fraction of sp³-hybridized carbons (Fsp3) is 1.00. The third kappa shape index (κ3) is 9.13. The van der Waals surface area contributed by atoms with Crippen molar-refractivity contribution in [3.63, 3.8) is 0 Å². The molecule has 0 amide bonds. The van der Waals surface area contributed by atoms with Gasteiger partial charge in [0.2, 0.25) is 0 Å². The van der Waals surface area contributed by atoms with Crippen LogP contribution in [0.25, 0.3) is 0 Å². The van der Waals surface area contributed by atoms with Gasteiger partial charge in [0.05, 0.1) is 0 Å². The quantitative estimate of drug-likeness (QED) is 0.517. The Labute approximate surface area is 175 Å². The van der Waals surface area contributed by atoms with Crippen LogP contribution in [0.15, 0.2) is 0 Å². The summed E-state index contributed by atoms with van der Waals surface area (Å²) in [6.45, 7) is 5.17. The van der Waals surface area contributed by atoms with Gasteiger partial charge in [0.25, 0.3) is 0 Å². The monoisotopic (exact) mass is 406 g/mol. The SMILES string of the molecule is C1CCC(CNCC2CCC(CNCC3CCCCC3)CC2)CC1.Cl.Cl. The van der Waals surface area contributed by atoms with E-state index in [1.54, 1.807) is 0 Å². The van der Waals surface area contributed by atoms with Crippen LogP contribution in [0.4, 0.5) is 0 Å². The zero-order valence-electron chi connectivity index (χ0n) is 16.9. The maximum absolute atomic E-state index is 3.81. The standard InChI is InChI=1S/C22H42N2.2ClH/c1-3-7-19(8-4-1)15-23-17-21-11-13-22(14-12-21)18-24-16-20-9-5-2-6-10-20;;/h19-24H,1-18H2;2*1H. The predicted octanol–water partition coefficient (Wildman–Crippen LogP) is 5.98. The van der Waals surface area contributed by atoms with Crippen LogP contribution in [0.5, 0.6) is 0 Å². The van der Waals surface area contributed by atoms with Crippen LogP contribution in [-0.2, 0) is 0 Å². The Morgan fingerprint density at radius 3 is 0.962 bits per heavy atom. The van der Waals surface area contributed by atoms with Crippen LogP contribution in [0, 0.1) is 23.7 Å². The molecule has 0 unspecified atom stereocenters. The Kier molecular flexibility index (Phi) is 13.7. The Morgan fingerprint density at radius 2 is 0.654 bits per heavy atom. The van der Waals surface area contributed by atoms with Gasteiger partial charge in [-0.1, -0.05) is 38.5 Å². The summed E-state index contributed by atoms with van der Waals surface area (Å²) in [6.07, 6.45) is 20.7. The van der Waals surface area contributed by atoms with Crippen LogP contribution >= 0.6 is 24.8 Å². The van der Waals surface area contributed by atoms with Crippen molar-refractivity contribution >= 4 is 24.8 Å². The van der Waals surface area contributed by atoms with E-state index in [0.29, 0.717) is 0 Å². The van der Waals surface area contributed by atoms with Crippen molar-refractivity contribution in [3.05, 3.63) is 0 Å². The van der Waals surface area contributed by atoms with Crippen molar-refractivity contribution in [3.8, 4) is 0 Å². The van der Waals surface area contributed by atoms with Crippen LogP contribution in [0.2, 0.25) is 0 Å². The molecule has 0 aromatic heterocycles. The third-order valence-corrected chi connectivity index (χ3v) is 7.15. The molecule has 0 atom stereocenters. The second-order valence-corrected chi connectivity index (χ2v) is 9.21. The molecule has 156 valence electrons. The first-order valence-corrected chi connectivity index (χ1v) is 11.3. The molecule has 0 spiro atoms. The largest absolute Gasteiger partial charge is 0.316 e. The lowest BCUT2D eigenvalue weighted by Gasteiger charge is -2.30. The van der Waals surface area contributed by atoms with Gasteiger partial charge in [-0.05, 0) is 101 Å². The minimum absolute atomic E-state index is 0. The molecule has 2 N–H and O–H groups in total. The smallest absolute Gasteiger partial charge is 0.00204 e. The molecule has 3 fully saturated rings. The molecule has 4 heteroatoms. The summed E-state index contributed by atoms with van der Waals surface area (Å²) in [6, 6.07) is 0. The topological polar surface area (TPSA) is 24.1 Å². The van der Waals surface area contributed by atoms with Gasteiger partial charge in [0, 0.05) is 0 Å². The second kappa shape index (κ2) is 14.5. The minimum atomic E-state index is 0. The molecule has 0 aromatic carbocycles. The zero-order valence-corrected chi connectivity index (χ0v) is 18.5. The molecule has 0 heterocycles. The van der Waals surface area contributed by atoms with Gasteiger partial charge in [-0.2, -0.15) is 0 Å². The van der Waals surface area contributed by atoms with Crippen molar-refractivity contribution in [2.45, 2.75) is 89.9 Å². The van der Waals surface area contributed by atoms with Gasteiger partial charge in [-0.3, -0.25) is 0 Å². The number of rotatable bonds is 8. The van der Waals surface area contributed by atoms with E-state index in [9.17, 15) is 0 Å². The Morgan fingerprint density at radius 1 is 0.385 bits per heavy atom. The number of halogens is 2. The zero-order chi connectivity index (χ0) is 16.5. The number of hydrogen-bond acceptors (Lipinski definition) is 2. The molecule has 0 bridgehead atoms. The average Bonchev–Trinajstić information content (AvgIpc) is 2.65. The summed E-state index contributed by atoms with van der Waals surface area (Å²) < 4.78 is 0. The highest BCUT2D eigenvalue weighted by atomic mass is 35.5. The lowest BCUT2D eigenvalue weighted by atomic mass is 9.81. The van der Waals surface area contributed by atoms with E-state index in [0.717, 1.165) is 23.7 Å². The van der Waals surface area contributed by atoms with Gasteiger partial charge in [-0.15, -0.1) is 24.8 Å². The van der Waals surface area contributed by atoms with Gasteiger partial charge in [-0.25, -0.2) is 0 Å². The molecule has 26 heavy (non-hydrogen) atoms. The minimum Gasteiger partial charge on any atom is -0.316 e. The first kappa shape index (κ1) is 24.5. The van der Waals surface area contributed by atoms with Crippen molar-refractivity contribution in [1.29, 1.82) is 0 Å². The fourth-order valence-electron chi connectivity index (χ4n) is 5.41. The summed E-state index contributed by atoms with van der Waals surface area (Å²) >= 11 is 0. The molecule has 0 radical (unpaired) electrons. The molecule has 3 aliphatic rings. The summed E-state index contributed by atoms with van der Waals surface area (Å²) in [5, 5.41) is 7.62. The Balaban J connectivity index is 0.00000169. The van der Waals surface area contributed by atoms with E-state index in [2.05, 4.69) is 10.6 Å². The highest BCUT2D eigenvalue weighted by Crippen LogP contribution is 2.29. The number of hydrogen-bond donors (Lipinski definition) is 2. The maximum atomic E-state index is 3.81. The van der Waals surface area contributed by atoms with E-state index in [-0.39, 0.29) is 24.8 Å². The average molecular weight is 408 g/mol. The Bertz CT molecular complexity index is 288. The van der Waals surface area contributed by atoms with E-state index in [1.165, 1.54) is 116 Å². The molecule has 3 rings (SSSR count). The second-order valence-electron chi connectivity index (χ2n) is 9.21. The predicted molar refractivity (Wildman–Crippen MR) is 119 cm³/mol. The highest BCUT2D eigenvalue weighted by molar-refractivity contribution is 5.85. The van der Waals surface area contributed by atoms with E-state index < -0.39 is 0 Å². The lowest BCUT2D eigenvalue weighted by molar-refractivity contribution is 0.246. The summed E-state index contributed by atoms with van der Waals surface area (Å²) in [4.78, 5) is 0. The highest BCUT2D eigenvalue weighted by Gasteiger charge is 2.22. The van der Waals surface area contributed by atoms with E-state index >= 15 is 0 Å². The van der Waals surface area contributed by atoms with Crippen LogP contribution in [-0.4, -0.2) is 26.2 Å².